The number of carbonyl (C=O) groups is 4. The monoisotopic (exact) mass is 770 g/mol. The van der Waals surface area contributed by atoms with Crippen molar-refractivity contribution >= 4 is 66.9 Å². The van der Waals surface area contributed by atoms with Crippen molar-refractivity contribution < 1.29 is 28.7 Å². The maximum absolute atomic E-state index is 14.6. The van der Waals surface area contributed by atoms with Gasteiger partial charge in [0.2, 0.25) is 11.8 Å². The van der Waals surface area contributed by atoms with Crippen LogP contribution in [0.5, 0.6) is 11.5 Å². The van der Waals surface area contributed by atoms with Crippen LogP contribution < -0.4 is 19.3 Å². The Morgan fingerprint density at radius 2 is 0.875 bits per heavy atom. The first-order valence-electron chi connectivity index (χ1n) is 15.3. The van der Waals surface area contributed by atoms with Crippen LogP contribution in [0.25, 0.3) is 0 Å². The number of carbonyl (C=O) groups excluding carboxylic acids is 4. The van der Waals surface area contributed by atoms with E-state index >= 15 is 0 Å². The lowest BCUT2D eigenvalue weighted by atomic mass is 9.84. The summed E-state index contributed by atoms with van der Waals surface area (Å²) >= 11 is 6.94. The van der Waals surface area contributed by atoms with E-state index in [4.69, 9.17) is 9.47 Å². The molecule has 48 heavy (non-hydrogen) atoms. The molecule has 0 aliphatic carbocycles. The predicted octanol–water partition coefficient (Wildman–Crippen LogP) is 5.67. The first-order chi connectivity index (χ1) is 23.2. The van der Waals surface area contributed by atoms with E-state index in [1.807, 2.05) is 46.4 Å². The van der Waals surface area contributed by atoms with E-state index < -0.39 is 47.8 Å². The summed E-state index contributed by atoms with van der Waals surface area (Å²) in [6.45, 7) is 0. The normalized spacial score (nSPS) is 26.7. The minimum atomic E-state index is -0.971. The molecule has 0 radical (unpaired) electrons. The molecule has 0 spiro atoms. The molecule has 0 N–H and O–H groups in total. The number of hydrazine groups is 1. The van der Waals surface area contributed by atoms with Crippen molar-refractivity contribution in [3.63, 3.8) is 0 Å². The molecule has 10 nitrogen and oxygen atoms in total. The molecule has 4 amide bonds. The van der Waals surface area contributed by atoms with Gasteiger partial charge in [-0.05, 0) is 71.8 Å². The Kier molecular flexibility index (Phi) is 7.51. The van der Waals surface area contributed by atoms with Gasteiger partial charge in [-0.25, -0.2) is 19.8 Å². The maximum atomic E-state index is 14.6. The SMILES string of the molecule is COc1ccc(C2C3C(=O)N(c4cccc(Br)c4)C(=O)C3N3C(c4ccc(OC)cc4)C4C(=O)N(c5cccc(Br)c5)C(=O)C4N23)cc1. The molecule has 4 heterocycles. The second-order valence-corrected chi connectivity index (χ2v) is 14.0. The molecule has 4 saturated heterocycles. The Morgan fingerprint density at radius 3 is 1.21 bits per heavy atom. The first kappa shape index (κ1) is 30.9. The largest absolute Gasteiger partial charge is 0.497 e. The number of anilines is 2. The van der Waals surface area contributed by atoms with Crippen LogP contribution in [0.2, 0.25) is 0 Å². The third-order valence-electron chi connectivity index (χ3n) is 9.77. The van der Waals surface area contributed by atoms with Crippen LogP contribution in [-0.4, -0.2) is 59.9 Å². The van der Waals surface area contributed by atoms with Crippen LogP contribution in [0.1, 0.15) is 23.2 Å². The Bertz CT molecular complexity index is 1850. The van der Waals surface area contributed by atoms with Crippen molar-refractivity contribution in [2.75, 3.05) is 24.0 Å². The summed E-state index contributed by atoms with van der Waals surface area (Å²) in [6.07, 6.45) is 0. The van der Waals surface area contributed by atoms with E-state index in [0.717, 1.165) is 20.1 Å². The molecule has 12 heteroatoms. The minimum Gasteiger partial charge on any atom is -0.497 e. The molecule has 6 atom stereocenters. The molecule has 4 aliphatic heterocycles. The number of methoxy groups -OCH3 is 2. The van der Waals surface area contributed by atoms with Gasteiger partial charge >= 0.3 is 0 Å². The van der Waals surface area contributed by atoms with Crippen molar-refractivity contribution in [2.45, 2.75) is 24.2 Å². The number of hydrogen-bond acceptors (Lipinski definition) is 8. The van der Waals surface area contributed by atoms with Crippen LogP contribution >= 0.6 is 31.9 Å². The smallest absolute Gasteiger partial charge is 0.253 e. The molecule has 0 aromatic heterocycles. The zero-order valence-corrected chi connectivity index (χ0v) is 28.9. The molecule has 8 rings (SSSR count). The fourth-order valence-corrected chi connectivity index (χ4v) is 8.61. The van der Waals surface area contributed by atoms with E-state index in [9.17, 15) is 19.2 Å². The van der Waals surface area contributed by atoms with E-state index in [-0.39, 0.29) is 11.8 Å². The standard InChI is InChI=1S/C36H28Br2N4O6/c1-47-25-13-9-19(10-14-25)29-27-31(35(45)39(33(27)43)23-7-3-5-21(37)17-23)42-30(20-11-15-26(48-2)16-12-20)28-32(41(29)42)36(46)40(34(28)44)24-8-4-6-22(38)18-24/h3-18,27-32H,1-2H3. The third kappa shape index (κ3) is 4.50. The molecule has 0 bridgehead atoms. The zero-order valence-electron chi connectivity index (χ0n) is 25.7. The molecule has 0 saturated carbocycles. The fraction of sp³-hybridized carbons (Fsp3) is 0.222. The third-order valence-corrected chi connectivity index (χ3v) is 10.8. The second kappa shape index (κ2) is 11.7. The highest BCUT2D eigenvalue weighted by Crippen LogP contribution is 2.60. The van der Waals surface area contributed by atoms with Crippen molar-refractivity contribution in [1.82, 2.24) is 10.0 Å². The molecule has 6 unspecified atom stereocenters. The van der Waals surface area contributed by atoms with E-state index in [1.54, 1.807) is 74.9 Å². The number of nitrogens with zero attached hydrogens (tertiary/aromatic N) is 4. The highest BCUT2D eigenvalue weighted by Gasteiger charge is 2.73. The Hall–Kier alpha value is -4.36. The molecule has 242 valence electrons. The predicted molar refractivity (Wildman–Crippen MR) is 183 cm³/mol. The molecular weight excluding hydrogens is 744 g/mol. The number of rotatable bonds is 6. The molecule has 4 aliphatic rings. The summed E-state index contributed by atoms with van der Waals surface area (Å²) in [5.74, 6) is -2.05. The Morgan fingerprint density at radius 1 is 0.500 bits per heavy atom. The number of hydrogen-bond donors (Lipinski definition) is 0. The Labute approximate surface area is 293 Å². The van der Waals surface area contributed by atoms with E-state index in [0.29, 0.717) is 22.9 Å². The number of imide groups is 2. The number of amides is 4. The van der Waals surface area contributed by atoms with E-state index in [2.05, 4.69) is 31.9 Å². The topological polar surface area (TPSA) is 99.7 Å². The molecule has 4 fully saturated rings. The van der Waals surface area contributed by atoms with Crippen molar-refractivity contribution in [3.05, 3.63) is 117 Å². The van der Waals surface area contributed by atoms with Crippen LogP contribution in [0, 0.1) is 11.8 Å². The summed E-state index contributed by atoms with van der Waals surface area (Å²) < 4.78 is 12.3. The minimum absolute atomic E-state index is 0.371. The lowest BCUT2D eigenvalue weighted by Gasteiger charge is -2.35. The number of fused-ring (bicyclic) bond motifs is 5. The van der Waals surface area contributed by atoms with E-state index in [1.165, 1.54) is 9.80 Å². The van der Waals surface area contributed by atoms with Gasteiger partial charge in [-0.15, -0.1) is 0 Å². The van der Waals surface area contributed by atoms with Gasteiger partial charge in [-0.1, -0.05) is 68.3 Å². The fourth-order valence-electron chi connectivity index (χ4n) is 7.84. The van der Waals surface area contributed by atoms with Crippen LogP contribution in [0.15, 0.2) is 106 Å². The average Bonchev–Trinajstić information content (AvgIpc) is 3.76. The van der Waals surface area contributed by atoms with Gasteiger partial charge in [-0.3, -0.25) is 19.2 Å². The van der Waals surface area contributed by atoms with Gasteiger partial charge in [0.1, 0.15) is 23.6 Å². The van der Waals surface area contributed by atoms with Crippen LogP contribution in [-0.2, 0) is 19.2 Å². The van der Waals surface area contributed by atoms with Gasteiger partial charge in [0.05, 0.1) is 49.5 Å². The van der Waals surface area contributed by atoms with Gasteiger partial charge in [0.25, 0.3) is 11.8 Å². The summed E-state index contributed by atoms with van der Waals surface area (Å²) in [5, 5.41) is 3.70. The van der Waals surface area contributed by atoms with Crippen molar-refractivity contribution in [1.29, 1.82) is 0 Å². The quantitative estimate of drug-likeness (QED) is 0.231. The van der Waals surface area contributed by atoms with Crippen molar-refractivity contribution in [2.24, 2.45) is 11.8 Å². The molecule has 4 aromatic rings. The highest BCUT2D eigenvalue weighted by atomic mass is 79.9. The molecular formula is C36H28Br2N4O6. The van der Waals surface area contributed by atoms with Gasteiger partial charge in [-0.2, -0.15) is 0 Å². The summed E-state index contributed by atoms with van der Waals surface area (Å²) in [4.78, 5) is 60.8. The first-order valence-corrected chi connectivity index (χ1v) is 16.9. The van der Waals surface area contributed by atoms with Gasteiger partial charge in [0, 0.05) is 8.95 Å². The highest BCUT2D eigenvalue weighted by molar-refractivity contribution is 9.10. The summed E-state index contributed by atoms with van der Waals surface area (Å²) in [6, 6.07) is 25.3. The number of benzene rings is 4. The summed E-state index contributed by atoms with van der Waals surface area (Å²) in [5.41, 5.74) is 2.34. The Balaban J connectivity index is 1.33. The lowest BCUT2D eigenvalue weighted by Crippen LogP contribution is -2.50. The maximum Gasteiger partial charge on any atom is 0.253 e. The zero-order chi connectivity index (χ0) is 33.4. The molecule has 4 aromatic carbocycles. The average molecular weight is 772 g/mol. The second-order valence-electron chi connectivity index (χ2n) is 12.1. The lowest BCUT2D eigenvalue weighted by molar-refractivity contribution is -0.136. The number of halogens is 2. The van der Waals surface area contributed by atoms with Crippen LogP contribution in [0.3, 0.4) is 0 Å². The van der Waals surface area contributed by atoms with Crippen molar-refractivity contribution in [3.8, 4) is 11.5 Å². The van der Waals surface area contributed by atoms with Gasteiger partial charge < -0.3 is 9.47 Å². The van der Waals surface area contributed by atoms with Crippen LogP contribution in [0.4, 0.5) is 11.4 Å². The van der Waals surface area contributed by atoms with Gasteiger partial charge in [0.15, 0.2) is 0 Å². The number of ether oxygens (including phenoxy) is 2. The summed E-state index contributed by atoms with van der Waals surface area (Å²) in [7, 11) is 3.14.